The van der Waals surface area contributed by atoms with Gasteiger partial charge >= 0.3 is 6.18 Å². The Hall–Kier alpha value is -1.16. The van der Waals surface area contributed by atoms with Crippen molar-refractivity contribution in [2.45, 2.75) is 93.3 Å². The Labute approximate surface area is 194 Å². The third-order valence-corrected chi connectivity index (χ3v) is 8.35. The number of rotatable bonds is 7. The van der Waals surface area contributed by atoms with Crippen LogP contribution in [0.15, 0.2) is 0 Å². The van der Waals surface area contributed by atoms with Crippen molar-refractivity contribution in [3.05, 3.63) is 0 Å². The van der Waals surface area contributed by atoms with Gasteiger partial charge in [0, 0.05) is 18.5 Å². The molecule has 5 saturated carbocycles. The van der Waals surface area contributed by atoms with Crippen LogP contribution in [0.5, 0.6) is 0 Å². The highest BCUT2D eigenvalue weighted by Gasteiger charge is 2.72. The van der Waals surface area contributed by atoms with Gasteiger partial charge in [0.2, 0.25) is 11.8 Å². The second-order valence-electron chi connectivity index (χ2n) is 10.5. The molecular weight excluding hydrogens is 471 g/mol. The molecule has 0 aromatic carbocycles. The van der Waals surface area contributed by atoms with E-state index in [4.69, 9.17) is 16.3 Å². The Morgan fingerprint density at radius 2 is 1.70 bits per heavy atom. The molecule has 0 heterocycles. The Balaban J connectivity index is 1.15. The molecule has 2 bridgehead atoms. The quantitative estimate of drug-likeness (QED) is 0.410. The van der Waals surface area contributed by atoms with Gasteiger partial charge in [-0.3, -0.25) is 9.59 Å². The number of carbonyl (C=O) groups excluding carboxylic acids is 2. The van der Waals surface area contributed by atoms with Gasteiger partial charge in [-0.2, -0.15) is 13.2 Å². The predicted molar refractivity (Wildman–Crippen MR) is 110 cm³/mol. The van der Waals surface area contributed by atoms with Gasteiger partial charge < -0.3 is 15.4 Å². The lowest BCUT2D eigenvalue weighted by atomic mass is 9.39. The lowest BCUT2D eigenvalue weighted by molar-refractivity contribution is -0.202. The van der Waals surface area contributed by atoms with Gasteiger partial charge in [0.05, 0.1) is 22.8 Å². The van der Waals surface area contributed by atoms with E-state index in [2.05, 4.69) is 10.6 Å². The third-order valence-electron chi connectivity index (χ3n) is 7.86. The van der Waals surface area contributed by atoms with Crippen molar-refractivity contribution in [2.75, 3.05) is 13.2 Å². The standard InChI is InChI=1S/C22H30ClF5N2O3/c23-15-3-2-13(6-17(15)25)33-8-18(31)30-21-9-20(10-21,11-21)19(32)29-7-12-1-4-16(24)14(5-12)22(26,27)28/h12-17H,1-11H2,(H,29,32)(H,30,31). The molecule has 5 rings (SSSR count). The van der Waals surface area contributed by atoms with E-state index in [9.17, 15) is 31.5 Å². The molecule has 5 nitrogen and oxygen atoms in total. The van der Waals surface area contributed by atoms with Crippen molar-refractivity contribution >= 4 is 23.4 Å². The number of alkyl halides is 6. The monoisotopic (exact) mass is 500 g/mol. The summed E-state index contributed by atoms with van der Waals surface area (Å²) in [7, 11) is 0. The number of carbonyl (C=O) groups is 2. The fraction of sp³-hybridized carbons (Fsp3) is 0.909. The van der Waals surface area contributed by atoms with Crippen LogP contribution in [0.4, 0.5) is 22.0 Å². The van der Waals surface area contributed by atoms with Gasteiger partial charge in [-0.1, -0.05) is 0 Å². The molecule has 5 fully saturated rings. The molecule has 5 aliphatic carbocycles. The molecule has 188 valence electrons. The smallest absolute Gasteiger partial charge is 0.368 e. The number of amides is 2. The molecule has 0 aromatic heterocycles. The average molecular weight is 501 g/mol. The van der Waals surface area contributed by atoms with E-state index in [0.29, 0.717) is 38.5 Å². The van der Waals surface area contributed by atoms with Crippen LogP contribution in [0.25, 0.3) is 0 Å². The van der Waals surface area contributed by atoms with Crippen molar-refractivity contribution in [2.24, 2.45) is 17.3 Å². The van der Waals surface area contributed by atoms with Crippen LogP contribution in [0.2, 0.25) is 0 Å². The van der Waals surface area contributed by atoms with Gasteiger partial charge in [-0.15, -0.1) is 11.6 Å². The van der Waals surface area contributed by atoms with Crippen LogP contribution >= 0.6 is 11.6 Å². The lowest BCUT2D eigenvalue weighted by Gasteiger charge is -2.69. The number of halogens is 6. The maximum Gasteiger partial charge on any atom is 0.394 e. The summed E-state index contributed by atoms with van der Waals surface area (Å²) >= 11 is 5.85. The molecule has 11 heteroatoms. The summed E-state index contributed by atoms with van der Waals surface area (Å²) in [5, 5.41) is 5.15. The first-order valence-corrected chi connectivity index (χ1v) is 12.0. The highest BCUT2D eigenvalue weighted by atomic mass is 35.5. The van der Waals surface area contributed by atoms with E-state index >= 15 is 0 Å². The molecule has 0 spiro atoms. The van der Waals surface area contributed by atoms with Crippen LogP contribution in [0.1, 0.15) is 57.8 Å². The summed E-state index contributed by atoms with van der Waals surface area (Å²) in [6.45, 7) is -0.0733. The highest BCUT2D eigenvalue weighted by molar-refractivity contribution is 6.21. The number of hydrogen-bond donors (Lipinski definition) is 2. The first-order valence-electron chi connectivity index (χ1n) is 11.6. The number of hydrogen-bond acceptors (Lipinski definition) is 3. The molecule has 33 heavy (non-hydrogen) atoms. The molecule has 2 N–H and O–H groups in total. The summed E-state index contributed by atoms with van der Waals surface area (Å²) in [6, 6.07) is 0. The summed E-state index contributed by atoms with van der Waals surface area (Å²) in [4.78, 5) is 24.8. The van der Waals surface area contributed by atoms with E-state index in [0.717, 1.165) is 0 Å². The van der Waals surface area contributed by atoms with Crippen LogP contribution in [-0.2, 0) is 14.3 Å². The van der Waals surface area contributed by atoms with Crippen molar-refractivity contribution < 1.29 is 36.3 Å². The summed E-state index contributed by atoms with van der Waals surface area (Å²) < 4.78 is 71.7. The molecule has 0 aliphatic heterocycles. The van der Waals surface area contributed by atoms with Crippen LogP contribution < -0.4 is 10.6 Å². The first kappa shape index (κ1) is 24.9. The Morgan fingerprint density at radius 3 is 2.33 bits per heavy atom. The molecule has 0 radical (unpaired) electrons. The highest BCUT2D eigenvalue weighted by Crippen LogP contribution is 2.67. The molecule has 6 atom stereocenters. The largest absolute Gasteiger partial charge is 0.394 e. The second kappa shape index (κ2) is 9.13. The maximum absolute atomic E-state index is 13.7. The fourth-order valence-electron chi connectivity index (χ4n) is 6.05. The van der Waals surface area contributed by atoms with Gasteiger partial charge in [0.1, 0.15) is 19.0 Å². The Morgan fingerprint density at radius 1 is 1.00 bits per heavy atom. The summed E-state index contributed by atoms with van der Waals surface area (Å²) in [5.41, 5.74) is -1.03. The van der Waals surface area contributed by atoms with Crippen LogP contribution in [0.3, 0.4) is 0 Å². The van der Waals surface area contributed by atoms with Crippen LogP contribution in [-0.4, -0.2) is 60.5 Å². The zero-order valence-electron chi connectivity index (χ0n) is 18.2. The number of nitrogens with one attached hydrogen (secondary N) is 2. The van der Waals surface area contributed by atoms with Crippen LogP contribution in [0, 0.1) is 17.3 Å². The van der Waals surface area contributed by atoms with E-state index in [1.807, 2.05) is 0 Å². The van der Waals surface area contributed by atoms with Crippen molar-refractivity contribution in [1.29, 1.82) is 0 Å². The summed E-state index contributed by atoms with van der Waals surface area (Å²) in [6.07, 6.45) is -5.36. The minimum atomic E-state index is -4.57. The van der Waals surface area contributed by atoms with Gasteiger partial charge in [0.15, 0.2) is 0 Å². The zero-order chi connectivity index (χ0) is 24.0. The Bertz CT molecular complexity index is 747. The van der Waals surface area contributed by atoms with Crippen molar-refractivity contribution in [1.82, 2.24) is 10.6 Å². The molecule has 0 aromatic rings. The molecule has 5 aliphatic rings. The average Bonchev–Trinajstić information content (AvgIpc) is 2.68. The third kappa shape index (κ3) is 5.26. The first-order chi connectivity index (χ1) is 15.4. The topological polar surface area (TPSA) is 67.4 Å². The van der Waals surface area contributed by atoms with Crippen molar-refractivity contribution in [3.8, 4) is 0 Å². The minimum absolute atomic E-state index is 0.104. The lowest BCUT2D eigenvalue weighted by Crippen LogP contribution is -2.78. The van der Waals surface area contributed by atoms with E-state index < -0.39 is 46.7 Å². The molecular formula is C22H30ClF5N2O3. The minimum Gasteiger partial charge on any atom is -0.368 e. The van der Waals surface area contributed by atoms with Gasteiger partial charge in [-0.25, -0.2) is 8.78 Å². The Kier molecular flexibility index (Phi) is 6.90. The SMILES string of the molecule is O=C(COC1CCC(Cl)C(F)C1)NC12CC(C(=O)NCC3CCC(F)C(C(F)(F)F)C3)(C1)C2. The molecule has 0 saturated heterocycles. The van der Waals surface area contributed by atoms with E-state index in [1.165, 1.54) is 0 Å². The maximum atomic E-state index is 13.7. The van der Waals surface area contributed by atoms with Crippen molar-refractivity contribution in [3.63, 3.8) is 0 Å². The van der Waals surface area contributed by atoms with E-state index in [1.54, 1.807) is 0 Å². The summed E-state index contributed by atoms with van der Waals surface area (Å²) in [5.74, 6) is -2.89. The van der Waals surface area contributed by atoms with Gasteiger partial charge in [-0.05, 0) is 57.3 Å². The second-order valence-corrected chi connectivity index (χ2v) is 11.0. The fourth-order valence-corrected chi connectivity index (χ4v) is 6.28. The van der Waals surface area contributed by atoms with Gasteiger partial charge in [0.25, 0.3) is 0 Å². The molecule has 2 amide bonds. The zero-order valence-corrected chi connectivity index (χ0v) is 19.0. The van der Waals surface area contributed by atoms with E-state index in [-0.39, 0.29) is 50.3 Å². The number of ether oxygens (including phenoxy) is 1. The molecule has 6 unspecified atom stereocenters. The normalized spacial score (nSPS) is 42.6. The predicted octanol–water partition coefficient (Wildman–Crippen LogP) is 3.97.